The predicted octanol–water partition coefficient (Wildman–Crippen LogP) is 5.18. The molecule has 2 N–H and O–H groups in total. The number of nitrogens with zero attached hydrogens (tertiary/aromatic N) is 4. The van der Waals surface area contributed by atoms with Crippen LogP contribution in [0, 0.1) is 0 Å². The molecule has 0 saturated carbocycles. The first-order valence-electron chi connectivity index (χ1n) is 11.2. The van der Waals surface area contributed by atoms with Crippen molar-refractivity contribution in [1.29, 1.82) is 0 Å². The van der Waals surface area contributed by atoms with Crippen molar-refractivity contribution in [1.82, 2.24) is 20.2 Å². The van der Waals surface area contributed by atoms with Crippen LogP contribution < -0.4 is 5.43 Å². The zero-order valence-corrected chi connectivity index (χ0v) is 20.7. The maximum absolute atomic E-state index is 12.4. The van der Waals surface area contributed by atoms with Crippen molar-refractivity contribution < 1.29 is 9.90 Å². The summed E-state index contributed by atoms with van der Waals surface area (Å²) >= 11 is 1.29. The Balaban J connectivity index is 1.52. The van der Waals surface area contributed by atoms with Gasteiger partial charge in [-0.25, -0.2) is 5.43 Å². The highest BCUT2D eigenvalue weighted by Gasteiger charge is 2.19. The highest BCUT2D eigenvalue weighted by molar-refractivity contribution is 7.99. The molecule has 1 amide bonds. The lowest BCUT2D eigenvalue weighted by Crippen LogP contribution is -2.20. The fourth-order valence-corrected chi connectivity index (χ4v) is 4.17. The second-order valence-corrected chi connectivity index (χ2v) is 9.92. The molecule has 1 aromatic heterocycles. The Hall–Kier alpha value is -3.91. The van der Waals surface area contributed by atoms with Gasteiger partial charge in [0.15, 0.2) is 11.0 Å². The molecule has 0 atom stereocenters. The number of hydrazone groups is 1. The van der Waals surface area contributed by atoms with Crippen LogP contribution >= 0.6 is 11.8 Å². The van der Waals surface area contributed by atoms with Crippen molar-refractivity contribution in [2.24, 2.45) is 5.10 Å². The molecular weight excluding hydrogens is 458 g/mol. The molecule has 0 bridgehead atoms. The maximum Gasteiger partial charge on any atom is 0.250 e. The van der Waals surface area contributed by atoms with Gasteiger partial charge in [-0.2, -0.15) is 5.10 Å². The third-order valence-electron chi connectivity index (χ3n) is 5.26. The minimum atomic E-state index is -0.273. The molecule has 0 fully saturated rings. The molecule has 7 nitrogen and oxygen atoms in total. The summed E-state index contributed by atoms with van der Waals surface area (Å²) in [5.74, 6) is 0.692. The number of phenolic OH excluding ortho intramolecular Hbond substituents is 1. The summed E-state index contributed by atoms with van der Waals surface area (Å²) in [6.07, 6.45) is 1.48. The first-order valence-corrected chi connectivity index (χ1v) is 12.2. The predicted molar refractivity (Wildman–Crippen MR) is 140 cm³/mol. The van der Waals surface area contributed by atoms with Gasteiger partial charge in [0.25, 0.3) is 5.91 Å². The highest BCUT2D eigenvalue weighted by atomic mass is 32.2. The molecule has 0 spiro atoms. The zero-order valence-electron chi connectivity index (χ0n) is 19.8. The van der Waals surface area contributed by atoms with E-state index in [1.54, 1.807) is 24.3 Å². The summed E-state index contributed by atoms with van der Waals surface area (Å²) < 4.78 is 1.96. The van der Waals surface area contributed by atoms with Gasteiger partial charge in [-0.1, -0.05) is 87.1 Å². The number of aromatic nitrogens is 3. The van der Waals surface area contributed by atoms with Crippen LogP contribution in [0.25, 0.3) is 17.1 Å². The van der Waals surface area contributed by atoms with Crippen LogP contribution in [0.4, 0.5) is 0 Å². The van der Waals surface area contributed by atoms with Gasteiger partial charge in [-0.15, -0.1) is 10.2 Å². The SMILES string of the molecule is CC(C)(C)c1ccc(-c2nnc(SCC(=O)N/N=C/c3cccc(O)c3)n2-c2ccccc2)cc1. The van der Waals surface area contributed by atoms with Crippen LogP contribution in [0.2, 0.25) is 0 Å². The monoisotopic (exact) mass is 485 g/mol. The highest BCUT2D eigenvalue weighted by Crippen LogP contribution is 2.30. The normalized spacial score (nSPS) is 11.6. The second kappa shape index (κ2) is 10.6. The number of amides is 1. The van der Waals surface area contributed by atoms with Gasteiger partial charge in [0.1, 0.15) is 5.75 Å². The lowest BCUT2D eigenvalue weighted by atomic mass is 9.87. The molecule has 178 valence electrons. The van der Waals surface area contributed by atoms with Gasteiger partial charge in [0.05, 0.1) is 12.0 Å². The van der Waals surface area contributed by atoms with Crippen LogP contribution in [0.5, 0.6) is 5.75 Å². The second-order valence-electron chi connectivity index (χ2n) is 8.98. The van der Waals surface area contributed by atoms with Gasteiger partial charge in [0.2, 0.25) is 0 Å². The molecule has 0 radical (unpaired) electrons. The quantitative estimate of drug-likeness (QED) is 0.214. The number of phenols is 1. The van der Waals surface area contributed by atoms with E-state index in [0.717, 1.165) is 11.3 Å². The number of carbonyl (C=O) groups is 1. The van der Waals surface area contributed by atoms with Crippen molar-refractivity contribution in [3.8, 4) is 22.8 Å². The Kier molecular flexibility index (Phi) is 7.31. The maximum atomic E-state index is 12.4. The fourth-order valence-electron chi connectivity index (χ4n) is 3.43. The molecule has 4 rings (SSSR count). The molecule has 0 aliphatic heterocycles. The minimum Gasteiger partial charge on any atom is -0.508 e. The largest absolute Gasteiger partial charge is 0.508 e. The standard InChI is InChI=1S/C27H27N5O2S/c1-27(2,3)21-14-12-20(13-15-21)25-30-31-26(32(25)22-9-5-4-6-10-22)35-18-24(34)29-28-17-19-8-7-11-23(33)16-19/h4-17,33H,18H2,1-3H3,(H,29,34)/b28-17+. The summed E-state index contributed by atoms with van der Waals surface area (Å²) in [5, 5.41) is 22.9. The number of rotatable bonds is 7. The molecule has 8 heteroatoms. The Morgan fingerprint density at radius 1 is 1.03 bits per heavy atom. The molecule has 4 aromatic rings. The van der Waals surface area contributed by atoms with E-state index in [2.05, 4.69) is 65.8 Å². The van der Waals surface area contributed by atoms with Crippen molar-refractivity contribution in [2.45, 2.75) is 31.3 Å². The van der Waals surface area contributed by atoms with E-state index < -0.39 is 0 Å². The molecule has 0 aliphatic carbocycles. The molecule has 0 unspecified atom stereocenters. The van der Waals surface area contributed by atoms with E-state index in [9.17, 15) is 9.90 Å². The number of nitrogens with one attached hydrogen (secondary N) is 1. The third-order valence-corrected chi connectivity index (χ3v) is 6.19. The summed E-state index contributed by atoms with van der Waals surface area (Å²) in [6, 6.07) is 24.8. The third kappa shape index (κ3) is 6.16. The average Bonchev–Trinajstić information content (AvgIpc) is 3.27. The first-order chi connectivity index (χ1) is 16.8. The van der Waals surface area contributed by atoms with Crippen LogP contribution in [-0.2, 0) is 10.2 Å². The molecule has 0 aliphatic rings. The number of hydrogen-bond acceptors (Lipinski definition) is 6. The number of thioether (sulfide) groups is 1. The van der Waals surface area contributed by atoms with Gasteiger partial charge in [-0.05, 0) is 40.8 Å². The van der Waals surface area contributed by atoms with E-state index in [-0.39, 0.29) is 22.8 Å². The minimum absolute atomic E-state index is 0.0589. The molecule has 35 heavy (non-hydrogen) atoms. The summed E-state index contributed by atoms with van der Waals surface area (Å²) in [4.78, 5) is 12.4. The van der Waals surface area contributed by atoms with Crippen LogP contribution in [0.3, 0.4) is 0 Å². The lowest BCUT2D eigenvalue weighted by Gasteiger charge is -2.19. The topological polar surface area (TPSA) is 92.4 Å². The Morgan fingerprint density at radius 2 is 1.77 bits per heavy atom. The van der Waals surface area contributed by atoms with Gasteiger partial charge in [-0.3, -0.25) is 9.36 Å². The number of hydrogen-bond donors (Lipinski definition) is 2. The Labute approximate surface area is 208 Å². The molecular formula is C27H27N5O2S. The van der Waals surface area contributed by atoms with Crippen LogP contribution in [0.15, 0.2) is 89.1 Å². The van der Waals surface area contributed by atoms with Gasteiger partial charge >= 0.3 is 0 Å². The van der Waals surface area contributed by atoms with E-state index in [4.69, 9.17) is 0 Å². The number of para-hydroxylation sites is 1. The van der Waals surface area contributed by atoms with Crippen molar-refractivity contribution in [3.63, 3.8) is 0 Å². The summed E-state index contributed by atoms with van der Waals surface area (Å²) in [6.45, 7) is 6.55. The molecule has 3 aromatic carbocycles. The van der Waals surface area contributed by atoms with Crippen LogP contribution in [-0.4, -0.2) is 37.7 Å². The Bertz CT molecular complexity index is 1330. The van der Waals surface area contributed by atoms with Gasteiger partial charge < -0.3 is 5.11 Å². The lowest BCUT2D eigenvalue weighted by molar-refractivity contribution is -0.118. The van der Waals surface area contributed by atoms with E-state index >= 15 is 0 Å². The Morgan fingerprint density at radius 3 is 2.46 bits per heavy atom. The number of carbonyl (C=O) groups excluding carboxylic acids is 1. The van der Waals surface area contributed by atoms with Crippen LogP contribution in [0.1, 0.15) is 31.9 Å². The zero-order chi connectivity index (χ0) is 24.8. The van der Waals surface area contributed by atoms with Crippen molar-refractivity contribution in [3.05, 3.63) is 90.0 Å². The summed E-state index contributed by atoms with van der Waals surface area (Å²) in [5.41, 5.74) is 6.35. The van der Waals surface area contributed by atoms with E-state index in [1.165, 1.54) is 23.5 Å². The average molecular weight is 486 g/mol. The molecule has 1 heterocycles. The fraction of sp³-hybridized carbons (Fsp3) is 0.185. The molecule has 0 saturated heterocycles. The number of benzene rings is 3. The van der Waals surface area contributed by atoms with E-state index in [0.29, 0.717) is 16.5 Å². The van der Waals surface area contributed by atoms with Crippen molar-refractivity contribution in [2.75, 3.05) is 5.75 Å². The summed E-state index contributed by atoms with van der Waals surface area (Å²) in [7, 11) is 0. The smallest absolute Gasteiger partial charge is 0.250 e. The van der Waals surface area contributed by atoms with E-state index in [1.807, 2.05) is 34.9 Å². The van der Waals surface area contributed by atoms with Crippen molar-refractivity contribution >= 4 is 23.9 Å². The number of aromatic hydroxyl groups is 1. The first kappa shape index (κ1) is 24.2. The van der Waals surface area contributed by atoms with Gasteiger partial charge in [0, 0.05) is 11.3 Å².